The molecule has 1 aromatic carbocycles. The smallest absolute Gasteiger partial charge is 0.277 e. The summed E-state index contributed by atoms with van der Waals surface area (Å²) in [5.41, 5.74) is 1.14. The molecule has 7 nitrogen and oxygen atoms in total. The van der Waals surface area contributed by atoms with Crippen molar-refractivity contribution in [1.29, 1.82) is 0 Å². The van der Waals surface area contributed by atoms with Gasteiger partial charge >= 0.3 is 0 Å². The molecular weight excluding hydrogens is 330 g/mol. The van der Waals surface area contributed by atoms with E-state index < -0.39 is 0 Å². The molecule has 2 heterocycles. The third-order valence-electron chi connectivity index (χ3n) is 3.68. The van der Waals surface area contributed by atoms with Crippen molar-refractivity contribution in [1.82, 2.24) is 15.5 Å². The molecule has 1 amide bonds. The van der Waals surface area contributed by atoms with E-state index >= 15 is 0 Å². The summed E-state index contributed by atoms with van der Waals surface area (Å²) in [4.78, 5) is 11.9. The molecule has 0 saturated heterocycles. The van der Waals surface area contributed by atoms with E-state index in [9.17, 15) is 4.79 Å². The summed E-state index contributed by atoms with van der Waals surface area (Å²) in [5, 5.41) is 10.9. The number of nitrogens with one attached hydrogen (secondary N) is 1. The second kappa shape index (κ2) is 7.57. The Morgan fingerprint density at radius 2 is 2.33 bits per heavy atom. The first kappa shape index (κ1) is 16.6. The van der Waals surface area contributed by atoms with Gasteiger partial charge in [0.25, 0.3) is 5.22 Å². The van der Waals surface area contributed by atoms with Gasteiger partial charge in [0, 0.05) is 25.5 Å². The van der Waals surface area contributed by atoms with Crippen LogP contribution in [0.15, 0.2) is 27.8 Å². The van der Waals surface area contributed by atoms with E-state index in [0.29, 0.717) is 24.3 Å². The largest absolute Gasteiger partial charge is 0.497 e. The first-order valence-electron chi connectivity index (χ1n) is 7.63. The van der Waals surface area contributed by atoms with E-state index in [1.807, 2.05) is 18.2 Å². The van der Waals surface area contributed by atoms with Gasteiger partial charge in [-0.2, -0.15) is 0 Å². The second-order valence-corrected chi connectivity index (χ2v) is 6.46. The first-order valence-corrected chi connectivity index (χ1v) is 8.62. The highest BCUT2D eigenvalue weighted by Crippen LogP contribution is 2.30. The van der Waals surface area contributed by atoms with E-state index in [-0.39, 0.29) is 17.6 Å². The lowest BCUT2D eigenvalue weighted by atomic mass is 9.96. The number of ether oxygens (including phenoxy) is 2. The van der Waals surface area contributed by atoms with Crippen LogP contribution in [0, 0.1) is 12.8 Å². The minimum atomic E-state index is -0.0589. The molecular formula is C16H19N3O4S. The number of hydrogen-bond acceptors (Lipinski definition) is 7. The number of aryl methyl sites for hydroxylation is 1. The third-order valence-corrected chi connectivity index (χ3v) is 4.50. The average molecular weight is 349 g/mol. The van der Waals surface area contributed by atoms with Crippen molar-refractivity contribution in [3.63, 3.8) is 0 Å². The summed E-state index contributed by atoms with van der Waals surface area (Å²) in [6.07, 6.45) is 0.871. The van der Waals surface area contributed by atoms with E-state index in [4.69, 9.17) is 13.9 Å². The monoisotopic (exact) mass is 349 g/mol. The fourth-order valence-electron chi connectivity index (χ4n) is 2.45. The van der Waals surface area contributed by atoms with Crippen molar-refractivity contribution in [2.24, 2.45) is 5.92 Å². The first-order chi connectivity index (χ1) is 11.6. The number of nitrogens with zero attached hydrogens (tertiary/aromatic N) is 2. The van der Waals surface area contributed by atoms with Crippen LogP contribution >= 0.6 is 11.8 Å². The van der Waals surface area contributed by atoms with Crippen molar-refractivity contribution in [2.75, 3.05) is 26.0 Å². The molecule has 3 rings (SSSR count). The van der Waals surface area contributed by atoms with Crippen LogP contribution in [0.4, 0.5) is 0 Å². The summed E-state index contributed by atoms with van der Waals surface area (Å²) in [6.45, 7) is 2.87. The Morgan fingerprint density at radius 1 is 1.46 bits per heavy atom. The number of benzene rings is 1. The van der Waals surface area contributed by atoms with Gasteiger partial charge in [0.15, 0.2) is 0 Å². The van der Waals surface area contributed by atoms with Gasteiger partial charge in [-0.3, -0.25) is 4.79 Å². The molecule has 24 heavy (non-hydrogen) atoms. The fourth-order valence-corrected chi connectivity index (χ4v) is 3.08. The zero-order valence-electron chi connectivity index (χ0n) is 13.6. The Morgan fingerprint density at radius 3 is 3.08 bits per heavy atom. The van der Waals surface area contributed by atoms with Crippen LogP contribution in [0.2, 0.25) is 0 Å². The van der Waals surface area contributed by atoms with E-state index in [0.717, 1.165) is 23.5 Å². The molecule has 0 aliphatic carbocycles. The number of hydrogen-bond donors (Lipinski definition) is 1. The van der Waals surface area contributed by atoms with Gasteiger partial charge < -0.3 is 19.2 Å². The average Bonchev–Trinajstić information content (AvgIpc) is 3.02. The van der Waals surface area contributed by atoms with Gasteiger partial charge in [-0.1, -0.05) is 17.8 Å². The van der Waals surface area contributed by atoms with Crippen LogP contribution in [-0.4, -0.2) is 42.1 Å². The molecule has 128 valence electrons. The number of aromatic nitrogens is 2. The number of thioether (sulfide) groups is 1. The minimum absolute atomic E-state index is 0.0589. The molecule has 1 aliphatic rings. The third kappa shape index (κ3) is 4.19. The molecule has 0 fully saturated rings. The highest BCUT2D eigenvalue weighted by Gasteiger charge is 2.21. The molecule has 1 aromatic heterocycles. The number of fused-ring (bicyclic) bond motifs is 1. The second-order valence-electron chi connectivity index (χ2n) is 5.53. The predicted molar refractivity (Wildman–Crippen MR) is 88.5 cm³/mol. The standard InChI is InChI=1S/C16H19N3O4S/c1-10-18-19-16(23-10)24-9-15(20)17-7-11-5-12-3-4-13(21-2)6-14(12)22-8-11/h3-4,6,11H,5,7-9H2,1-2H3,(H,17,20)/t11-/m0/s1. The minimum Gasteiger partial charge on any atom is -0.497 e. The fraction of sp³-hybridized carbons (Fsp3) is 0.438. The molecule has 0 spiro atoms. The predicted octanol–water partition coefficient (Wildman–Crippen LogP) is 1.85. The van der Waals surface area contributed by atoms with E-state index in [2.05, 4.69) is 15.5 Å². The van der Waals surface area contributed by atoms with Crippen molar-refractivity contribution < 1.29 is 18.7 Å². The lowest BCUT2D eigenvalue weighted by molar-refractivity contribution is -0.118. The molecule has 1 N–H and O–H groups in total. The van der Waals surface area contributed by atoms with Crippen molar-refractivity contribution >= 4 is 17.7 Å². The molecule has 8 heteroatoms. The summed E-state index contributed by atoms with van der Waals surface area (Å²) >= 11 is 1.23. The van der Waals surface area contributed by atoms with Crippen molar-refractivity contribution in [3.05, 3.63) is 29.7 Å². The topological polar surface area (TPSA) is 86.5 Å². The number of carbonyl (C=O) groups excluding carboxylic acids is 1. The van der Waals surface area contributed by atoms with E-state index in [1.165, 1.54) is 11.8 Å². The lowest BCUT2D eigenvalue weighted by Gasteiger charge is -2.25. The van der Waals surface area contributed by atoms with Crippen LogP contribution in [0.1, 0.15) is 11.5 Å². The van der Waals surface area contributed by atoms with Gasteiger partial charge in [0.2, 0.25) is 11.8 Å². The van der Waals surface area contributed by atoms with Crippen molar-refractivity contribution in [2.45, 2.75) is 18.6 Å². The number of carbonyl (C=O) groups is 1. The Bertz CT molecular complexity index is 719. The number of rotatable bonds is 6. The summed E-state index contributed by atoms with van der Waals surface area (Å²) < 4.78 is 16.2. The lowest BCUT2D eigenvalue weighted by Crippen LogP contribution is -2.35. The summed E-state index contributed by atoms with van der Waals surface area (Å²) in [7, 11) is 1.64. The van der Waals surface area contributed by atoms with Crippen LogP contribution in [0.3, 0.4) is 0 Å². The van der Waals surface area contributed by atoms with E-state index in [1.54, 1.807) is 14.0 Å². The highest BCUT2D eigenvalue weighted by atomic mass is 32.2. The Labute approximate surface area is 144 Å². The molecule has 0 bridgehead atoms. The zero-order chi connectivity index (χ0) is 16.9. The van der Waals surface area contributed by atoms with Crippen molar-refractivity contribution in [3.8, 4) is 11.5 Å². The van der Waals surface area contributed by atoms with Gasteiger partial charge in [0.1, 0.15) is 11.5 Å². The molecule has 0 saturated carbocycles. The van der Waals surface area contributed by atoms with Gasteiger partial charge in [-0.15, -0.1) is 10.2 Å². The maximum atomic E-state index is 11.9. The van der Waals surface area contributed by atoms with Gasteiger partial charge in [-0.05, 0) is 18.1 Å². The maximum absolute atomic E-state index is 11.9. The molecule has 1 atom stereocenters. The number of methoxy groups -OCH3 is 1. The molecule has 1 aliphatic heterocycles. The normalized spacial score (nSPS) is 16.2. The maximum Gasteiger partial charge on any atom is 0.277 e. The molecule has 0 unspecified atom stereocenters. The highest BCUT2D eigenvalue weighted by molar-refractivity contribution is 7.99. The van der Waals surface area contributed by atoms with Crippen LogP contribution in [0.5, 0.6) is 11.5 Å². The van der Waals surface area contributed by atoms with Gasteiger partial charge in [0.05, 0.1) is 19.5 Å². The summed E-state index contributed by atoms with van der Waals surface area (Å²) in [5.74, 6) is 2.59. The quantitative estimate of drug-likeness (QED) is 0.796. The molecule has 0 radical (unpaired) electrons. The molecule has 2 aromatic rings. The zero-order valence-corrected chi connectivity index (χ0v) is 14.4. The number of amides is 1. The summed E-state index contributed by atoms with van der Waals surface area (Å²) in [6, 6.07) is 5.83. The van der Waals surface area contributed by atoms with Crippen LogP contribution in [0.25, 0.3) is 0 Å². The Hall–Kier alpha value is -2.22. The van der Waals surface area contributed by atoms with Crippen LogP contribution in [-0.2, 0) is 11.2 Å². The Kier molecular flexibility index (Phi) is 5.24. The van der Waals surface area contributed by atoms with Gasteiger partial charge in [-0.25, -0.2) is 0 Å². The Balaban J connectivity index is 1.44. The van der Waals surface area contributed by atoms with Crippen LogP contribution < -0.4 is 14.8 Å². The SMILES string of the molecule is COc1ccc2c(c1)OC[C@H](CNC(=O)CSc1nnc(C)o1)C2.